The topological polar surface area (TPSA) is 12.4 Å². The first-order valence-corrected chi connectivity index (χ1v) is 4.80. The molecule has 0 saturated heterocycles. The Balaban J connectivity index is 4.37. The fourth-order valence-electron chi connectivity index (χ4n) is 0.724. The molecular weight excluding hydrogens is 158 g/mol. The normalized spacial score (nSPS) is 13.8. The molecule has 1 nitrogen and oxygen atoms in total. The summed E-state index contributed by atoms with van der Waals surface area (Å²) in [5.41, 5.74) is 2.26. The maximum atomic E-state index is 4.35. The Morgan fingerprint density at radius 3 is 2.23 bits per heavy atom. The van der Waals surface area contributed by atoms with E-state index in [4.69, 9.17) is 0 Å². The lowest BCUT2D eigenvalue weighted by atomic mass is 9.93. The second-order valence-corrected chi connectivity index (χ2v) is 4.17. The molecule has 0 bridgehead atoms. The number of rotatable bonds is 3. The molecule has 0 aromatic carbocycles. The van der Waals surface area contributed by atoms with Crippen molar-refractivity contribution in [3.05, 3.63) is 23.9 Å². The molecule has 0 aromatic rings. The van der Waals surface area contributed by atoms with Crippen molar-refractivity contribution in [1.82, 2.24) is 0 Å². The molecule has 1 heteroatoms. The Bertz CT molecular complexity index is 226. The van der Waals surface area contributed by atoms with Gasteiger partial charge in [0, 0.05) is 17.3 Å². The number of hydrogen-bond donors (Lipinski definition) is 0. The van der Waals surface area contributed by atoms with Crippen LogP contribution in [0, 0.1) is 5.41 Å². The lowest BCUT2D eigenvalue weighted by Gasteiger charge is -2.17. The molecule has 74 valence electrons. The highest BCUT2D eigenvalue weighted by Gasteiger charge is 2.13. The Labute approximate surface area is 82.3 Å². The van der Waals surface area contributed by atoms with E-state index in [0.717, 1.165) is 12.1 Å². The summed E-state index contributed by atoms with van der Waals surface area (Å²) >= 11 is 0. The summed E-state index contributed by atoms with van der Waals surface area (Å²) in [5, 5.41) is 0. The summed E-state index contributed by atoms with van der Waals surface area (Å²) in [7, 11) is 0. The van der Waals surface area contributed by atoms with Crippen LogP contribution in [0.3, 0.4) is 0 Å². The number of hydrogen-bond acceptors (Lipinski definition) is 1. The lowest BCUT2D eigenvalue weighted by Crippen LogP contribution is -2.06. The molecule has 0 aliphatic rings. The van der Waals surface area contributed by atoms with Gasteiger partial charge >= 0.3 is 0 Å². The SMILES string of the molecule is C=C(/N=C\C(=C/C)CC)C(C)(C)C. The third-order valence-electron chi connectivity index (χ3n) is 2.03. The minimum Gasteiger partial charge on any atom is -0.261 e. The molecule has 0 atom stereocenters. The maximum absolute atomic E-state index is 4.35. The third-order valence-corrected chi connectivity index (χ3v) is 2.03. The Hall–Kier alpha value is -0.850. The van der Waals surface area contributed by atoms with Crippen LogP contribution in [0.1, 0.15) is 41.0 Å². The molecule has 0 aromatic heterocycles. The Morgan fingerprint density at radius 2 is 1.92 bits per heavy atom. The van der Waals surface area contributed by atoms with Gasteiger partial charge in [-0.1, -0.05) is 40.3 Å². The van der Waals surface area contributed by atoms with Crippen molar-refractivity contribution in [2.75, 3.05) is 0 Å². The number of allylic oxidation sites excluding steroid dienone is 3. The molecule has 0 unspecified atom stereocenters. The molecule has 0 rings (SSSR count). The second kappa shape index (κ2) is 5.00. The largest absolute Gasteiger partial charge is 0.261 e. The standard InChI is InChI=1S/C12H21N/c1-7-11(8-2)9-13-10(3)12(4,5)6/h7,9H,3,8H2,1-2,4-6H3/b11-7-,13-9-. The quantitative estimate of drug-likeness (QED) is 0.581. The number of nitrogens with zero attached hydrogens (tertiary/aromatic N) is 1. The third kappa shape index (κ3) is 4.66. The fraction of sp³-hybridized carbons (Fsp3) is 0.583. The lowest BCUT2D eigenvalue weighted by molar-refractivity contribution is 0.501. The summed E-state index contributed by atoms with van der Waals surface area (Å²) in [6.07, 6.45) is 5.02. The van der Waals surface area contributed by atoms with Crippen molar-refractivity contribution in [3.63, 3.8) is 0 Å². The van der Waals surface area contributed by atoms with Crippen LogP contribution in [0.5, 0.6) is 0 Å². The Kier molecular flexibility index (Phi) is 4.68. The summed E-state index contributed by atoms with van der Waals surface area (Å²) in [6.45, 7) is 14.5. The van der Waals surface area contributed by atoms with Gasteiger partial charge in [-0.2, -0.15) is 0 Å². The Morgan fingerprint density at radius 1 is 1.38 bits per heavy atom. The zero-order valence-electron chi connectivity index (χ0n) is 9.52. The van der Waals surface area contributed by atoms with Gasteiger partial charge in [0.2, 0.25) is 0 Å². The first kappa shape index (κ1) is 12.2. The monoisotopic (exact) mass is 179 g/mol. The first-order chi connectivity index (χ1) is 5.91. The predicted molar refractivity (Wildman–Crippen MR) is 61.1 cm³/mol. The van der Waals surface area contributed by atoms with Crippen molar-refractivity contribution < 1.29 is 0 Å². The van der Waals surface area contributed by atoms with Crippen LogP contribution in [-0.4, -0.2) is 6.21 Å². The van der Waals surface area contributed by atoms with Gasteiger partial charge < -0.3 is 0 Å². The molecule has 0 aliphatic heterocycles. The van der Waals surface area contributed by atoms with E-state index in [-0.39, 0.29) is 5.41 Å². The zero-order chi connectivity index (χ0) is 10.5. The van der Waals surface area contributed by atoms with Gasteiger partial charge in [-0.05, 0) is 18.9 Å². The van der Waals surface area contributed by atoms with E-state index in [1.165, 1.54) is 5.57 Å². The molecule has 0 aliphatic carbocycles. The number of aliphatic imine (C=N–C) groups is 1. The average molecular weight is 179 g/mol. The van der Waals surface area contributed by atoms with Gasteiger partial charge in [-0.25, -0.2) is 0 Å². The van der Waals surface area contributed by atoms with Crippen LogP contribution in [-0.2, 0) is 0 Å². The van der Waals surface area contributed by atoms with E-state index in [1.807, 2.05) is 13.1 Å². The van der Waals surface area contributed by atoms with E-state index in [9.17, 15) is 0 Å². The van der Waals surface area contributed by atoms with E-state index in [0.29, 0.717) is 0 Å². The zero-order valence-corrected chi connectivity index (χ0v) is 9.52. The van der Waals surface area contributed by atoms with Crippen LogP contribution in [0.2, 0.25) is 0 Å². The minimum absolute atomic E-state index is 0.0725. The summed E-state index contributed by atoms with van der Waals surface area (Å²) in [6, 6.07) is 0. The smallest absolute Gasteiger partial charge is 0.0385 e. The van der Waals surface area contributed by atoms with E-state index in [2.05, 4.69) is 45.3 Å². The van der Waals surface area contributed by atoms with Crippen LogP contribution < -0.4 is 0 Å². The van der Waals surface area contributed by atoms with Gasteiger partial charge in [0.05, 0.1) is 0 Å². The highest BCUT2D eigenvalue weighted by Crippen LogP contribution is 2.24. The molecule has 0 radical (unpaired) electrons. The van der Waals surface area contributed by atoms with Crippen LogP contribution >= 0.6 is 0 Å². The van der Waals surface area contributed by atoms with Gasteiger partial charge in [0.15, 0.2) is 0 Å². The van der Waals surface area contributed by atoms with Crippen molar-refractivity contribution in [1.29, 1.82) is 0 Å². The molecular formula is C12H21N. The van der Waals surface area contributed by atoms with E-state index in [1.54, 1.807) is 0 Å². The molecule has 0 heterocycles. The van der Waals surface area contributed by atoms with E-state index >= 15 is 0 Å². The molecule has 0 saturated carbocycles. The minimum atomic E-state index is 0.0725. The van der Waals surface area contributed by atoms with Crippen LogP contribution in [0.15, 0.2) is 28.9 Å². The summed E-state index contributed by atoms with van der Waals surface area (Å²) < 4.78 is 0. The van der Waals surface area contributed by atoms with Gasteiger partial charge in [0.25, 0.3) is 0 Å². The van der Waals surface area contributed by atoms with Gasteiger partial charge in [-0.15, -0.1) is 0 Å². The van der Waals surface area contributed by atoms with Crippen molar-refractivity contribution in [3.8, 4) is 0 Å². The highest BCUT2D eigenvalue weighted by molar-refractivity contribution is 5.79. The second-order valence-electron chi connectivity index (χ2n) is 4.17. The van der Waals surface area contributed by atoms with Gasteiger partial charge in [0.1, 0.15) is 0 Å². The highest BCUT2D eigenvalue weighted by atomic mass is 14.7. The average Bonchev–Trinajstić information content (AvgIpc) is 2.04. The van der Waals surface area contributed by atoms with Crippen molar-refractivity contribution in [2.45, 2.75) is 41.0 Å². The summed E-state index contributed by atoms with van der Waals surface area (Å²) in [4.78, 5) is 4.35. The summed E-state index contributed by atoms with van der Waals surface area (Å²) in [5.74, 6) is 0. The maximum Gasteiger partial charge on any atom is 0.0385 e. The van der Waals surface area contributed by atoms with Crippen molar-refractivity contribution in [2.24, 2.45) is 10.4 Å². The molecule has 13 heavy (non-hydrogen) atoms. The predicted octanol–water partition coefficient (Wildman–Crippen LogP) is 3.97. The molecule has 0 fully saturated rings. The van der Waals surface area contributed by atoms with Crippen LogP contribution in [0.25, 0.3) is 0 Å². The fourth-order valence-corrected chi connectivity index (χ4v) is 0.724. The first-order valence-electron chi connectivity index (χ1n) is 4.80. The van der Waals surface area contributed by atoms with E-state index < -0.39 is 0 Å². The van der Waals surface area contributed by atoms with Gasteiger partial charge in [-0.3, -0.25) is 4.99 Å². The van der Waals surface area contributed by atoms with Crippen LogP contribution in [0.4, 0.5) is 0 Å². The molecule has 0 N–H and O–H groups in total. The van der Waals surface area contributed by atoms with Crippen molar-refractivity contribution >= 4 is 6.21 Å². The molecule has 0 spiro atoms. The molecule has 0 amide bonds.